The SMILES string of the molecule is Cc1ncsc1CN1CCCC(c2nc(-c3ccco3)nn2CCCO)CC1. The number of furan rings is 1. The minimum absolute atomic E-state index is 0.155. The van der Waals surface area contributed by atoms with Gasteiger partial charge in [0.25, 0.3) is 0 Å². The van der Waals surface area contributed by atoms with E-state index in [1.807, 2.05) is 22.3 Å². The first kappa shape index (κ1) is 19.3. The van der Waals surface area contributed by atoms with Crippen LogP contribution in [-0.2, 0) is 13.1 Å². The van der Waals surface area contributed by atoms with E-state index < -0.39 is 0 Å². The van der Waals surface area contributed by atoms with Crippen LogP contribution in [0.1, 0.15) is 48.0 Å². The van der Waals surface area contributed by atoms with Crippen LogP contribution in [0.5, 0.6) is 0 Å². The molecule has 7 nitrogen and oxygen atoms in total. The van der Waals surface area contributed by atoms with Gasteiger partial charge in [-0.05, 0) is 57.8 Å². The Kier molecular flexibility index (Phi) is 6.19. The molecule has 4 rings (SSSR count). The Hall–Kier alpha value is -2.03. The first-order valence-corrected chi connectivity index (χ1v) is 10.8. The van der Waals surface area contributed by atoms with Gasteiger partial charge < -0.3 is 9.52 Å². The molecule has 0 aromatic carbocycles. The van der Waals surface area contributed by atoms with E-state index >= 15 is 0 Å². The molecule has 1 unspecified atom stereocenters. The molecule has 4 heterocycles. The van der Waals surface area contributed by atoms with E-state index in [4.69, 9.17) is 9.40 Å². The molecule has 1 atom stereocenters. The van der Waals surface area contributed by atoms with Crippen molar-refractivity contribution in [3.8, 4) is 11.6 Å². The zero-order valence-corrected chi connectivity index (χ0v) is 17.1. The highest BCUT2D eigenvalue weighted by molar-refractivity contribution is 7.09. The molecule has 0 amide bonds. The summed E-state index contributed by atoms with van der Waals surface area (Å²) < 4.78 is 7.46. The van der Waals surface area contributed by atoms with Crippen molar-refractivity contribution in [3.05, 3.63) is 40.3 Å². The highest BCUT2D eigenvalue weighted by Crippen LogP contribution is 2.30. The Morgan fingerprint density at radius 1 is 1.32 bits per heavy atom. The van der Waals surface area contributed by atoms with Crippen molar-refractivity contribution in [2.24, 2.45) is 0 Å². The minimum atomic E-state index is 0.155. The second-order valence-electron chi connectivity index (χ2n) is 7.34. The Morgan fingerprint density at radius 3 is 3.00 bits per heavy atom. The molecule has 0 spiro atoms. The fourth-order valence-electron chi connectivity index (χ4n) is 3.80. The van der Waals surface area contributed by atoms with Crippen LogP contribution < -0.4 is 0 Å². The van der Waals surface area contributed by atoms with E-state index in [-0.39, 0.29) is 6.61 Å². The van der Waals surface area contributed by atoms with Crippen molar-refractivity contribution in [1.29, 1.82) is 0 Å². The van der Waals surface area contributed by atoms with E-state index in [0.29, 0.717) is 30.5 Å². The number of aromatic nitrogens is 4. The monoisotopic (exact) mass is 401 g/mol. The number of aryl methyl sites for hydroxylation is 2. The maximum absolute atomic E-state index is 9.25. The molecule has 3 aromatic heterocycles. The molecule has 0 bridgehead atoms. The summed E-state index contributed by atoms with van der Waals surface area (Å²) in [6.07, 6.45) is 5.64. The second kappa shape index (κ2) is 8.98. The molecule has 0 saturated carbocycles. The summed E-state index contributed by atoms with van der Waals surface area (Å²) in [7, 11) is 0. The molecule has 1 aliphatic rings. The smallest absolute Gasteiger partial charge is 0.217 e. The number of aliphatic hydroxyl groups excluding tert-OH is 1. The summed E-state index contributed by atoms with van der Waals surface area (Å²) in [6.45, 7) is 6.06. The summed E-state index contributed by atoms with van der Waals surface area (Å²) in [5.74, 6) is 2.73. The lowest BCUT2D eigenvalue weighted by molar-refractivity contribution is 0.272. The Bertz CT molecular complexity index is 873. The fraction of sp³-hybridized carbons (Fsp3) is 0.550. The predicted octanol–water partition coefficient (Wildman–Crippen LogP) is 3.46. The van der Waals surface area contributed by atoms with Gasteiger partial charge in [-0.2, -0.15) is 0 Å². The number of aliphatic hydroxyl groups is 1. The Labute approximate surface area is 169 Å². The van der Waals surface area contributed by atoms with Crippen molar-refractivity contribution < 1.29 is 9.52 Å². The van der Waals surface area contributed by atoms with Gasteiger partial charge in [-0.3, -0.25) is 4.90 Å². The van der Waals surface area contributed by atoms with Crippen LogP contribution in [0.3, 0.4) is 0 Å². The first-order chi connectivity index (χ1) is 13.7. The van der Waals surface area contributed by atoms with Gasteiger partial charge in [0.1, 0.15) is 5.82 Å². The summed E-state index contributed by atoms with van der Waals surface area (Å²) >= 11 is 1.75. The molecule has 1 N–H and O–H groups in total. The summed E-state index contributed by atoms with van der Waals surface area (Å²) in [4.78, 5) is 13.1. The third-order valence-corrected chi connectivity index (χ3v) is 6.29. The third-order valence-electron chi connectivity index (χ3n) is 5.37. The van der Waals surface area contributed by atoms with Crippen LogP contribution in [-0.4, -0.2) is 49.5 Å². The molecule has 150 valence electrons. The normalized spacial score (nSPS) is 18.4. The molecule has 3 aromatic rings. The minimum Gasteiger partial charge on any atom is -0.461 e. The summed E-state index contributed by atoms with van der Waals surface area (Å²) in [6, 6.07) is 3.75. The van der Waals surface area contributed by atoms with Crippen LogP contribution in [0.15, 0.2) is 28.3 Å². The van der Waals surface area contributed by atoms with Gasteiger partial charge in [-0.25, -0.2) is 14.6 Å². The number of rotatable bonds is 7. The molecular formula is C20H27N5O2S. The van der Waals surface area contributed by atoms with E-state index in [9.17, 15) is 5.11 Å². The van der Waals surface area contributed by atoms with Gasteiger partial charge in [-0.1, -0.05) is 0 Å². The van der Waals surface area contributed by atoms with E-state index in [0.717, 1.165) is 50.4 Å². The van der Waals surface area contributed by atoms with Crippen LogP contribution in [0.4, 0.5) is 0 Å². The lowest BCUT2D eigenvalue weighted by atomic mass is 10.00. The molecule has 0 aliphatic carbocycles. The predicted molar refractivity (Wildman–Crippen MR) is 108 cm³/mol. The number of likely N-dealkylation sites (tertiary alicyclic amines) is 1. The largest absolute Gasteiger partial charge is 0.461 e. The average Bonchev–Trinajstić information content (AvgIpc) is 3.41. The fourth-order valence-corrected chi connectivity index (χ4v) is 4.62. The van der Waals surface area contributed by atoms with Crippen LogP contribution in [0.25, 0.3) is 11.6 Å². The van der Waals surface area contributed by atoms with Gasteiger partial charge in [-0.15, -0.1) is 16.4 Å². The molecule has 1 saturated heterocycles. The number of thiazole rings is 1. The summed E-state index contributed by atoms with van der Waals surface area (Å²) in [5, 5.41) is 13.9. The quantitative estimate of drug-likeness (QED) is 0.653. The highest BCUT2D eigenvalue weighted by Gasteiger charge is 2.25. The Balaban J connectivity index is 1.49. The van der Waals surface area contributed by atoms with E-state index in [1.165, 1.54) is 4.88 Å². The van der Waals surface area contributed by atoms with Crippen molar-refractivity contribution in [2.45, 2.75) is 51.6 Å². The molecule has 1 fully saturated rings. The maximum atomic E-state index is 9.25. The van der Waals surface area contributed by atoms with Crippen LogP contribution in [0.2, 0.25) is 0 Å². The van der Waals surface area contributed by atoms with Gasteiger partial charge >= 0.3 is 0 Å². The molecule has 8 heteroatoms. The average molecular weight is 402 g/mol. The Morgan fingerprint density at radius 2 is 2.25 bits per heavy atom. The topological polar surface area (TPSA) is 80.2 Å². The number of hydrogen-bond acceptors (Lipinski definition) is 7. The van der Waals surface area contributed by atoms with Gasteiger partial charge in [0, 0.05) is 30.5 Å². The van der Waals surface area contributed by atoms with Gasteiger partial charge in [0.05, 0.1) is 17.5 Å². The highest BCUT2D eigenvalue weighted by atomic mass is 32.1. The van der Waals surface area contributed by atoms with Crippen molar-refractivity contribution >= 4 is 11.3 Å². The van der Waals surface area contributed by atoms with Crippen molar-refractivity contribution in [3.63, 3.8) is 0 Å². The first-order valence-electron chi connectivity index (χ1n) is 9.95. The molecule has 28 heavy (non-hydrogen) atoms. The van der Waals surface area contributed by atoms with Gasteiger partial charge in [0.15, 0.2) is 5.76 Å². The lowest BCUT2D eigenvalue weighted by Crippen LogP contribution is -2.24. The zero-order valence-electron chi connectivity index (χ0n) is 16.3. The van der Waals surface area contributed by atoms with E-state index in [1.54, 1.807) is 17.6 Å². The number of hydrogen-bond donors (Lipinski definition) is 1. The summed E-state index contributed by atoms with van der Waals surface area (Å²) in [5.41, 5.74) is 3.09. The number of nitrogens with zero attached hydrogens (tertiary/aromatic N) is 5. The standard InChI is InChI=1S/C20H27N5O2S/c1-15-18(28-14-21-15)13-24-8-2-5-16(7-10-24)20-22-19(17-6-3-12-27-17)23-25(20)9-4-11-26/h3,6,12,14,16,26H,2,4-5,7-11,13H2,1H3. The lowest BCUT2D eigenvalue weighted by Gasteiger charge is -2.19. The maximum Gasteiger partial charge on any atom is 0.217 e. The molecular weight excluding hydrogens is 374 g/mol. The second-order valence-corrected chi connectivity index (χ2v) is 8.28. The van der Waals surface area contributed by atoms with Crippen LogP contribution in [0, 0.1) is 6.92 Å². The van der Waals surface area contributed by atoms with Crippen molar-refractivity contribution in [1.82, 2.24) is 24.6 Å². The van der Waals surface area contributed by atoms with Crippen molar-refractivity contribution in [2.75, 3.05) is 19.7 Å². The van der Waals surface area contributed by atoms with Crippen LogP contribution >= 0.6 is 11.3 Å². The molecule has 1 aliphatic heterocycles. The zero-order chi connectivity index (χ0) is 19.3. The molecule has 0 radical (unpaired) electrons. The van der Waals surface area contributed by atoms with E-state index in [2.05, 4.69) is 21.9 Å². The third kappa shape index (κ3) is 4.34. The van der Waals surface area contributed by atoms with Gasteiger partial charge in [0.2, 0.25) is 5.82 Å².